The highest BCUT2D eigenvalue weighted by molar-refractivity contribution is 5.23. The van der Waals surface area contributed by atoms with Crippen molar-refractivity contribution in [2.24, 2.45) is 0 Å². The molecule has 0 heterocycles. The van der Waals surface area contributed by atoms with Crippen LogP contribution in [0.25, 0.3) is 0 Å². The lowest BCUT2D eigenvalue weighted by Gasteiger charge is -2.23. The Morgan fingerprint density at radius 3 is 2.71 bits per heavy atom. The van der Waals surface area contributed by atoms with Crippen LogP contribution in [0.15, 0.2) is 24.3 Å². The van der Waals surface area contributed by atoms with E-state index in [4.69, 9.17) is 0 Å². The molecule has 2 nitrogen and oxygen atoms in total. The lowest BCUT2D eigenvalue weighted by atomic mass is 9.92. The monoisotopic (exact) mass is 235 g/mol. The first-order chi connectivity index (χ1) is 8.03. The number of nitrogens with one attached hydrogen (secondary N) is 1. The molecule has 0 radical (unpaired) electrons. The Morgan fingerprint density at radius 1 is 1.29 bits per heavy atom. The quantitative estimate of drug-likeness (QED) is 0.712. The van der Waals surface area contributed by atoms with Gasteiger partial charge in [-0.05, 0) is 45.3 Å². The van der Waals surface area contributed by atoms with Crippen molar-refractivity contribution in [3.63, 3.8) is 0 Å². The van der Waals surface area contributed by atoms with E-state index in [2.05, 4.69) is 43.4 Å². The van der Waals surface area contributed by atoms with E-state index in [1.54, 1.807) is 0 Å². The van der Waals surface area contributed by atoms with Crippen LogP contribution in [0.2, 0.25) is 0 Å². The highest BCUT2D eigenvalue weighted by atomic mass is 16.3. The maximum Gasteiger partial charge on any atom is 0.0672 e. The highest BCUT2D eigenvalue weighted by Gasteiger charge is 2.20. The van der Waals surface area contributed by atoms with Gasteiger partial charge in [0.05, 0.1) is 5.60 Å². The van der Waals surface area contributed by atoms with Crippen molar-refractivity contribution in [3.8, 4) is 0 Å². The Labute approximate surface area is 105 Å². The number of hydrogen-bond donors (Lipinski definition) is 2. The van der Waals surface area contributed by atoms with E-state index in [1.165, 1.54) is 11.1 Å². The van der Waals surface area contributed by atoms with Crippen LogP contribution < -0.4 is 5.32 Å². The van der Waals surface area contributed by atoms with Gasteiger partial charge in [-0.25, -0.2) is 0 Å². The average Bonchev–Trinajstić information content (AvgIpc) is 2.24. The first kappa shape index (κ1) is 14.2. The molecule has 1 aromatic carbocycles. The lowest BCUT2D eigenvalue weighted by Crippen LogP contribution is -2.32. The zero-order valence-electron chi connectivity index (χ0n) is 11.3. The summed E-state index contributed by atoms with van der Waals surface area (Å²) in [6.07, 6.45) is 2.66. The predicted octanol–water partition coefficient (Wildman–Crippen LogP) is 2.68. The summed E-state index contributed by atoms with van der Waals surface area (Å²) in [6, 6.07) is 8.37. The van der Waals surface area contributed by atoms with Gasteiger partial charge >= 0.3 is 0 Å². The molecule has 0 aliphatic carbocycles. The fourth-order valence-corrected chi connectivity index (χ4v) is 2.01. The van der Waals surface area contributed by atoms with E-state index in [1.807, 2.05) is 6.92 Å². The summed E-state index contributed by atoms with van der Waals surface area (Å²) in [6.45, 7) is 8.06. The minimum Gasteiger partial charge on any atom is -0.390 e. The Bertz CT molecular complexity index is 333. The molecule has 17 heavy (non-hydrogen) atoms. The van der Waals surface area contributed by atoms with Gasteiger partial charge in [-0.3, -0.25) is 0 Å². The van der Waals surface area contributed by atoms with E-state index in [0.29, 0.717) is 0 Å². The molecule has 0 fully saturated rings. The molecule has 0 saturated carbocycles. The summed E-state index contributed by atoms with van der Waals surface area (Å²) in [5.41, 5.74) is 1.85. The maximum atomic E-state index is 10.3. The van der Waals surface area contributed by atoms with E-state index < -0.39 is 5.60 Å². The molecule has 1 unspecified atom stereocenters. The second-order valence-corrected chi connectivity index (χ2v) is 5.16. The second kappa shape index (κ2) is 6.77. The van der Waals surface area contributed by atoms with Crippen LogP contribution in [0.3, 0.4) is 0 Å². The van der Waals surface area contributed by atoms with Gasteiger partial charge in [0.25, 0.3) is 0 Å². The molecule has 0 spiro atoms. The van der Waals surface area contributed by atoms with Crippen molar-refractivity contribution in [1.29, 1.82) is 0 Å². The first-order valence-corrected chi connectivity index (χ1v) is 6.52. The molecule has 1 aromatic rings. The Balaban J connectivity index is 2.42. The van der Waals surface area contributed by atoms with Gasteiger partial charge in [-0.15, -0.1) is 0 Å². The van der Waals surface area contributed by atoms with Gasteiger partial charge < -0.3 is 10.4 Å². The van der Waals surface area contributed by atoms with Crippen LogP contribution in [-0.2, 0) is 6.42 Å². The first-order valence-electron chi connectivity index (χ1n) is 6.52. The van der Waals surface area contributed by atoms with E-state index >= 15 is 0 Å². The largest absolute Gasteiger partial charge is 0.390 e. The van der Waals surface area contributed by atoms with Gasteiger partial charge in [0.1, 0.15) is 0 Å². The molecule has 0 bridgehead atoms. The summed E-state index contributed by atoms with van der Waals surface area (Å²) < 4.78 is 0. The molecule has 0 amide bonds. The van der Waals surface area contributed by atoms with Crippen molar-refractivity contribution >= 4 is 0 Å². The van der Waals surface area contributed by atoms with Gasteiger partial charge in [0, 0.05) is 6.42 Å². The maximum absolute atomic E-state index is 10.3. The number of rotatable bonds is 7. The SMILES string of the molecule is CCCNCCC(C)(O)Cc1cccc(C)c1. The molecule has 96 valence electrons. The van der Waals surface area contributed by atoms with Crippen LogP contribution in [0, 0.1) is 6.92 Å². The molecule has 2 N–H and O–H groups in total. The van der Waals surface area contributed by atoms with Crippen LogP contribution in [0.1, 0.15) is 37.8 Å². The van der Waals surface area contributed by atoms with Crippen LogP contribution in [0.5, 0.6) is 0 Å². The summed E-state index contributed by atoms with van der Waals surface area (Å²) in [5.74, 6) is 0. The third kappa shape index (κ3) is 5.85. The van der Waals surface area contributed by atoms with Crippen LogP contribution in [0.4, 0.5) is 0 Å². The summed E-state index contributed by atoms with van der Waals surface area (Å²) in [7, 11) is 0. The van der Waals surface area contributed by atoms with E-state index in [9.17, 15) is 5.11 Å². The summed E-state index contributed by atoms with van der Waals surface area (Å²) >= 11 is 0. The zero-order chi connectivity index (χ0) is 12.7. The van der Waals surface area contributed by atoms with Crippen LogP contribution in [-0.4, -0.2) is 23.8 Å². The Morgan fingerprint density at radius 2 is 2.06 bits per heavy atom. The average molecular weight is 235 g/mol. The van der Waals surface area contributed by atoms with Gasteiger partial charge in [0.2, 0.25) is 0 Å². The molecular weight excluding hydrogens is 210 g/mol. The fourth-order valence-electron chi connectivity index (χ4n) is 2.01. The lowest BCUT2D eigenvalue weighted by molar-refractivity contribution is 0.0516. The number of hydrogen-bond acceptors (Lipinski definition) is 2. The van der Waals surface area contributed by atoms with Crippen molar-refractivity contribution < 1.29 is 5.11 Å². The van der Waals surface area contributed by atoms with Gasteiger partial charge in [0.15, 0.2) is 0 Å². The molecule has 0 aromatic heterocycles. The predicted molar refractivity (Wildman–Crippen MR) is 73.3 cm³/mol. The highest BCUT2D eigenvalue weighted by Crippen LogP contribution is 2.17. The van der Waals surface area contributed by atoms with Crippen LogP contribution >= 0.6 is 0 Å². The zero-order valence-corrected chi connectivity index (χ0v) is 11.3. The molecule has 1 rings (SSSR count). The van der Waals surface area contributed by atoms with Gasteiger partial charge in [-0.2, -0.15) is 0 Å². The third-order valence-electron chi connectivity index (χ3n) is 2.93. The standard InChI is InChI=1S/C15H25NO/c1-4-9-16-10-8-15(3,17)12-14-7-5-6-13(2)11-14/h5-7,11,16-17H,4,8-10,12H2,1-3H3. The molecule has 0 saturated heterocycles. The topological polar surface area (TPSA) is 32.3 Å². The smallest absolute Gasteiger partial charge is 0.0672 e. The van der Waals surface area contributed by atoms with Gasteiger partial charge in [-0.1, -0.05) is 36.8 Å². The molecule has 0 aliphatic rings. The second-order valence-electron chi connectivity index (χ2n) is 5.16. The number of aliphatic hydroxyl groups is 1. The number of benzene rings is 1. The molecule has 1 atom stereocenters. The Hall–Kier alpha value is -0.860. The Kier molecular flexibility index (Phi) is 5.66. The van der Waals surface area contributed by atoms with E-state index in [-0.39, 0.29) is 0 Å². The molecule has 2 heteroatoms. The van der Waals surface area contributed by atoms with Crippen molar-refractivity contribution in [2.45, 2.75) is 45.6 Å². The number of aryl methyl sites for hydroxylation is 1. The summed E-state index contributed by atoms with van der Waals surface area (Å²) in [4.78, 5) is 0. The molecular formula is C15H25NO. The molecule has 0 aliphatic heterocycles. The van der Waals surface area contributed by atoms with Crippen molar-refractivity contribution in [1.82, 2.24) is 5.32 Å². The van der Waals surface area contributed by atoms with Crippen molar-refractivity contribution in [3.05, 3.63) is 35.4 Å². The van der Waals surface area contributed by atoms with Crippen molar-refractivity contribution in [2.75, 3.05) is 13.1 Å². The third-order valence-corrected chi connectivity index (χ3v) is 2.93. The van der Waals surface area contributed by atoms with E-state index in [0.717, 1.165) is 32.4 Å². The normalized spacial score (nSPS) is 14.6. The summed E-state index contributed by atoms with van der Waals surface area (Å²) in [5, 5.41) is 13.6. The minimum atomic E-state index is -0.617. The minimum absolute atomic E-state index is 0.617. The fraction of sp³-hybridized carbons (Fsp3) is 0.600.